The summed E-state index contributed by atoms with van der Waals surface area (Å²) in [6, 6.07) is 31.5. The molecule has 4 nitrogen and oxygen atoms in total. The molecule has 0 saturated heterocycles. The Morgan fingerprint density at radius 2 is 1.50 bits per heavy atom. The summed E-state index contributed by atoms with van der Waals surface area (Å²) in [6.45, 7) is 5.09. The van der Waals surface area contributed by atoms with Gasteiger partial charge in [0.1, 0.15) is 5.52 Å². The van der Waals surface area contributed by atoms with E-state index in [0.29, 0.717) is 12.5 Å². The monoisotopic (exact) mass is 418 g/mol. The van der Waals surface area contributed by atoms with Crippen LogP contribution >= 0.6 is 0 Å². The average Bonchev–Trinajstić information content (AvgIpc) is 3.32. The first-order chi connectivity index (χ1) is 15.7. The summed E-state index contributed by atoms with van der Waals surface area (Å²) in [5.74, 6) is 1.97. The molecule has 0 amide bonds. The molecule has 3 aromatic carbocycles. The minimum absolute atomic E-state index is 0.398. The molecule has 1 N–H and O–H groups in total. The summed E-state index contributed by atoms with van der Waals surface area (Å²) in [7, 11) is 0. The van der Waals surface area contributed by atoms with Gasteiger partial charge in [-0.05, 0) is 40.3 Å². The van der Waals surface area contributed by atoms with Gasteiger partial charge in [0.05, 0.1) is 0 Å². The van der Waals surface area contributed by atoms with E-state index in [4.69, 9.17) is 10.1 Å². The maximum atomic E-state index is 4.92. The van der Waals surface area contributed by atoms with Gasteiger partial charge in [0, 0.05) is 18.3 Å². The number of aromatic nitrogens is 3. The molecule has 4 heteroatoms. The molecule has 2 heterocycles. The zero-order chi connectivity index (χ0) is 21.9. The summed E-state index contributed by atoms with van der Waals surface area (Å²) in [5, 5.41) is 8.31. The molecule has 0 aliphatic rings. The van der Waals surface area contributed by atoms with Crippen molar-refractivity contribution in [1.29, 1.82) is 0 Å². The molecule has 0 aliphatic heterocycles. The van der Waals surface area contributed by atoms with Crippen molar-refractivity contribution < 1.29 is 0 Å². The molecule has 0 radical (unpaired) electrons. The Hall–Kier alpha value is -3.92. The van der Waals surface area contributed by atoms with E-state index in [2.05, 4.69) is 85.9 Å². The molecule has 32 heavy (non-hydrogen) atoms. The number of hydrogen-bond acceptors (Lipinski definition) is 3. The standard InChI is InChI=1S/C28H26N4/c1-20(2)24-11-6-7-12-25(24)27-30-28(26-13-8-18-32(26)31-27)29-19-21-14-16-23(17-15-21)22-9-4-3-5-10-22/h3-18,20H,19H2,1-2H3,(H,29,30,31). The highest BCUT2D eigenvalue weighted by molar-refractivity contribution is 5.72. The number of benzene rings is 3. The van der Waals surface area contributed by atoms with Gasteiger partial charge in [-0.3, -0.25) is 0 Å². The molecule has 0 saturated carbocycles. The number of rotatable bonds is 6. The first kappa shape index (κ1) is 20.0. The predicted octanol–water partition coefficient (Wildman–Crippen LogP) is 6.80. The van der Waals surface area contributed by atoms with Crippen LogP contribution in [0, 0.1) is 0 Å². The number of hydrogen-bond donors (Lipinski definition) is 1. The van der Waals surface area contributed by atoms with Crippen molar-refractivity contribution in [1.82, 2.24) is 14.6 Å². The fourth-order valence-corrected chi connectivity index (χ4v) is 4.01. The number of nitrogens with one attached hydrogen (secondary N) is 1. The third-order valence-electron chi connectivity index (χ3n) is 5.74. The smallest absolute Gasteiger partial charge is 0.182 e. The van der Waals surface area contributed by atoms with E-state index in [1.165, 1.54) is 22.3 Å². The van der Waals surface area contributed by atoms with Gasteiger partial charge in [-0.2, -0.15) is 0 Å². The summed E-state index contributed by atoms with van der Waals surface area (Å²) in [5.41, 5.74) is 6.95. The van der Waals surface area contributed by atoms with Crippen molar-refractivity contribution in [3.8, 4) is 22.5 Å². The Labute approximate surface area is 188 Å². The van der Waals surface area contributed by atoms with Crippen molar-refractivity contribution >= 4 is 11.3 Å². The van der Waals surface area contributed by atoms with Crippen LogP contribution in [0.3, 0.4) is 0 Å². The summed E-state index contributed by atoms with van der Waals surface area (Å²) < 4.78 is 1.90. The Morgan fingerprint density at radius 3 is 2.28 bits per heavy atom. The Morgan fingerprint density at radius 1 is 0.781 bits per heavy atom. The topological polar surface area (TPSA) is 42.2 Å². The van der Waals surface area contributed by atoms with E-state index < -0.39 is 0 Å². The van der Waals surface area contributed by atoms with Crippen molar-refractivity contribution in [2.75, 3.05) is 5.32 Å². The lowest BCUT2D eigenvalue weighted by atomic mass is 9.97. The van der Waals surface area contributed by atoms with E-state index in [0.717, 1.165) is 22.7 Å². The SMILES string of the molecule is CC(C)c1ccccc1-c1nc(NCc2ccc(-c3ccccc3)cc2)c2cccn2n1. The van der Waals surface area contributed by atoms with Crippen LogP contribution in [-0.4, -0.2) is 14.6 Å². The van der Waals surface area contributed by atoms with Crippen LogP contribution in [0.15, 0.2) is 97.2 Å². The van der Waals surface area contributed by atoms with Crippen molar-refractivity contribution in [2.24, 2.45) is 0 Å². The van der Waals surface area contributed by atoms with Crippen LogP contribution in [0.4, 0.5) is 5.82 Å². The maximum absolute atomic E-state index is 4.92. The number of nitrogens with zero attached hydrogens (tertiary/aromatic N) is 3. The summed E-state index contributed by atoms with van der Waals surface area (Å²) in [4.78, 5) is 4.92. The van der Waals surface area contributed by atoms with E-state index in [1.54, 1.807) is 0 Å². The second-order valence-electron chi connectivity index (χ2n) is 8.28. The second-order valence-corrected chi connectivity index (χ2v) is 8.28. The largest absolute Gasteiger partial charge is 0.364 e. The minimum Gasteiger partial charge on any atom is -0.364 e. The lowest BCUT2D eigenvalue weighted by molar-refractivity contribution is 0.857. The molecule has 0 aliphatic carbocycles. The zero-order valence-corrected chi connectivity index (χ0v) is 18.4. The third kappa shape index (κ3) is 4.00. The van der Waals surface area contributed by atoms with E-state index in [1.807, 2.05) is 35.0 Å². The van der Waals surface area contributed by atoms with Gasteiger partial charge in [-0.15, -0.1) is 5.10 Å². The third-order valence-corrected chi connectivity index (χ3v) is 5.74. The lowest BCUT2D eigenvalue weighted by Gasteiger charge is -2.14. The highest BCUT2D eigenvalue weighted by Gasteiger charge is 2.14. The molecule has 5 aromatic rings. The molecule has 0 atom stereocenters. The Balaban J connectivity index is 1.43. The van der Waals surface area contributed by atoms with Crippen LogP contribution in [0.25, 0.3) is 28.0 Å². The van der Waals surface area contributed by atoms with Gasteiger partial charge in [-0.25, -0.2) is 9.50 Å². The lowest BCUT2D eigenvalue weighted by Crippen LogP contribution is -2.07. The van der Waals surface area contributed by atoms with E-state index in [9.17, 15) is 0 Å². The average molecular weight is 419 g/mol. The van der Waals surface area contributed by atoms with Gasteiger partial charge in [0.25, 0.3) is 0 Å². The van der Waals surface area contributed by atoms with Crippen LogP contribution < -0.4 is 5.32 Å². The Bertz CT molecular complexity index is 1340. The summed E-state index contributed by atoms with van der Waals surface area (Å²) >= 11 is 0. The first-order valence-electron chi connectivity index (χ1n) is 11.0. The molecule has 2 aromatic heterocycles. The second kappa shape index (κ2) is 8.67. The first-order valence-corrected chi connectivity index (χ1v) is 11.0. The van der Waals surface area contributed by atoms with E-state index >= 15 is 0 Å². The van der Waals surface area contributed by atoms with Gasteiger partial charge in [0.2, 0.25) is 0 Å². The molecule has 0 spiro atoms. The van der Waals surface area contributed by atoms with Gasteiger partial charge < -0.3 is 5.32 Å². The van der Waals surface area contributed by atoms with Crippen LogP contribution in [0.5, 0.6) is 0 Å². The zero-order valence-electron chi connectivity index (χ0n) is 18.4. The molecule has 0 unspecified atom stereocenters. The quantitative estimate of drug-likeness (QED) is 0.330. The predicted molar refractivity (Wildman–Crippen MR) is 132 cm³/mol. The molecule has 5 rings (SSSR count). The fourth-order valence-electron chi connectivity index (χ4n) is 4.01. The number of fused-ring (bicyclic) bond motifs is 1. The molecule has 0 bridgehead atoms. The van der Waals surface area contributed by atoms with Gasteiger partial charge in [0.15, 0.2) is 11.6 Å². The van der Waals surface area contributed by atoms with Gasteiger partial charge in [-0.1, -0.05) is 92.7 Å². The van der Waals surface area contributed by atoms with Crippen LogP contribution in [-0.2, 0) is 6.54 Å². The van der Waals surface area contributed by atoms with Crippen LogP contribution in [0.2, 0.25) is 0 Å². The molecule has 0 fully saturated rings. The highest BCUT2D eigenvalue weighted by atomic mass is 15.3. The van der Waals surface area contributed by atoms with Crippen molar-refractivity contribution in [3.05, 3.63) is 108 Å². The van der Waals surface area contributed by atoms with Crippen LogP contribution in [0.1, 0.15) is 30.9 Å². The fraction of sp³-hybridized carbons (Fsp3) is 0.143. The van der Waals surface area contributed by atoms with Crippen molar-refractivity contribution in [3.63, 3.8) is 0 Å². The summed E-state index contributed by atoms with van der Waals surface area (Å²) in [6.07, 6.45) is 1.97. The Kier molecular flexibility index (Phi) is 5.42. The number of anilines is 1. The minimum atomic E-state index is 0.398. The molecular weight excluding hydrogens is 392 g/mol. The normalized spacial score (nSPS) is 11.2. The highest BCUT2D eigenvalue weighted by Crippen LogP contribution is 2.28. The molecular formula is C28H26N4. The maximum Gasteiger partial charge on any atom is 0.182 e. The van der Waals surface area contributed by atoms with Crippen molar-refractivity contribution in [2.45, 2.75) is 26.3 Å². The van der Waals surface area contributed by atoms with Gasteiger partial charge >= 0.3 is 0 Å². The molecule has 158 valence electrons. The van der Waals surface area contributed by atoms with E-state index in [-0.39, 0.29) is 0 Å².